The Morgan fingerprint density at radius 2 is 1.76 bits per heavy atom. The van der Waals surface area contributed by atoms with Gasteiger partial charge in [-0.15, -0.1) is 0 Å². The molecule has 202 valence electrons. The van der Waals surface area contributed by atoms with Crippen molar-refractivity contribution in [2.75, 3.05) is 17.1 Å². The van der Waals surface area contributed by atoms with Crippen LogP contribution in [0.4, 0.5) is 10.1 Å². The molecule has 9 heteroatoms. The molecule has 2 aromatic rings. The number of nitrogens with zero attached hydrogens (tertiary/aromatic N) is 2. The lowest BCUT2D eigenvalue weighted by Gasteiger charge is -2.30. The largest absolute Gasteiger partial charge is 0.352 e. The van der Waals surface area contributed by atoms with Gasteiger partial charge in [-0.3, -0.25) is 13.9 Å². The van der Waals surface area contributed by atoms with E-state index < -0.39 is 21.9 Å². The fourth-order valence-corrected chi connectivity index (χ4v) is 5.63. The smallest absolute Gasteiger partial charge is 0.242 e. The Bertz CT molecular complexity index is 1210. The zero-order chi connectivity index (χ0) is 27.2. The average molecular weight is 532 g/mol. The summed E-state index contributed by atoms with van der Waals surface area (Å²) in [6.07, 6.45) is 5.38. The van der Waals surface area contributed by atoms with Crippen LogP contribution >= 0.6 is 0 Å². The normalized spacial score (nSPS) is 14.8. The predicted molar refractivity (Wildman–Crippen MR) is 144 cm³/mol. The number of hydrogen-bond acceptors (Lipinski definition) is 4. The lowest BCUT2D eigenvalue weighted by Crippen LogP contribution is -2.49. The topological polar surface area (TPSA) is 86.8 Å². The molecule has 37 heavy (non-hydrogen) atoms. The highest BCUT2D eigenvalue weighted by atomic mass is 32.2. The number of sulfonamides is 1. The number of hydrogen-bond donors (Lipinski definition) is 1. The number of nitrogens with one attached hydrogen (secondary N) is 1. The van der Waals surface area contributed by atoms with Crippen LogP contribution in [0.3, 0.4) is 0 Å². The first kappa shape index (κ1) is 28.6. The lowest BCUT2D eigenvalue weighted by molar-refractivity contribution is -0.141. The van der Waals surface area contributed by atoms with Crippen LogP contribution in [0.1, 0.15) is 62.1 Å². The fourth-order valence-electron chi connectivity index (χ4n) is 4.67. The first-order valence-electron chi connectivity index (χ1n) is 12.9. The molecular formula is C28H38FN3O4S. The van der Waals surface area contributed by atoms with E-state index in [1.165, 1.54) is 15.3 Å². The Labute approximate surface area is 220 Å². The van der Waals surface area contributed by atoms with E-state index in [0.29, 0.717) is 11.3 Å². The van der Waals surface area contributed by atoms with Crippen LogP contribution in [0.25, 0.3) is 0 Å². The molecule has 0 bridgehead atoms. The van der Waals surface area contributed by atoms with Crippen molar-refractivity contribution in [1.29, 1.82) is 0 Å². The second kappa shape index (κ2) is 12.5. The van der Waals surface area contributed by atoms with Crippen molar-refractivity contribution in [3.8, 4) is 0 Å². The molecule has 2 aromatic carbocycles. The molecule has 1 aliphatic rings. The van der Waals surface area contributed by atoms with Gasteiger partial charge in [0.1, 0.15) is 11.9 Å². The number of carbonyl (C=O) groups is 2. The molecule has 0 radical (unpaired) electrons. The summed E-state index contributed by atoms with van der Waals surface area (Å²) in [7, 11) is -3.57. The molecule has 2 amide bonds. The third-order valence-corrected chi connectivity index (χ3v) is 8.29. The van der Waals surface area contributed by atoms with Crippen LogP contribution in [-0.2, 0) is 26.2 Å². The van der Waals surface area contributed by atoms with E-state index in [0.717, 1.165) is 43.1 Å². The molecule has 3 rings (SSSR count). The van der Waals surface area contributed by atoms with Gasteiger partial charge in [0, 0.05) is 31.1 Å². The zero-order valence-electron chi connectivity index (χ0n) is 22.2. The third-order valence-electron chi connectivity index (χ3n) is 7.10. The van der Waals surface area contributed by atoms with Crippen molar-refractivity contribution in [2.45, 2.75) is 77.9 Å². The molecule has 1 N–H and O–H groups in total. The van der Waals surface area contributed by atoms with Crippen LogP contribution in [0, 0.1) is 19.7 Å². The van der Waals surface area contributed by atoms with Crippen molar-refractivity contribution in [3.63, 3.8) is 0 Å². The van der Waals surface area contributed by atoms with Gasteiger partial charge in [-0.05, 0) is 69.4 Å². The summed E-state index contributed by atoms with van der Waals surface area (Å²) in [5.74, 6) is -1.03. The van der Waals surface area contributed by atoms with Crippen LogP contribution in [-0.4, -0.2) is 50.0 Å². The van der Waals surface area contributed by atoms with Crippen molar-refractivity contribution >= 4 is 27.5 Å². The maximum absolute atomic E-state index is 14.4. The standard InChI is InChI=1S/C28H38FN3O4S/c1-20-15-16-25(18-21(20)2)32(37(4,35)36)17-9-14-27(33)31(19-23-10-5-8-13-26(23)29)22(3)28(34)30-24-11-6-7-12-24/h5,8,10,13,15-16,18,22,24H,6-7,9,11-12,14,17,19H2,1-4H3,(H,30,34)/t22-/m0/s1. The number of rotatable bonds is 11. The number of halogens is 1. The molecular weight excluding hydrogens is 493 g/mol. The van der Waals surface area contributed by atoms with Crippen LogP contribution in [0.15, 0.2) is 42.5 Å². The molecule has 0 aromatic heterocycles. The van der Waals surface area contributed by atoms with Gasteiger partial charge in [-0.2, -0.15) is 0 Å². The van der Waals surface area contributed by atoms with Crippen LogP contribution in [0.2, 0.25) is 0 Å². The monoisotopic (exact) mass is 531 g/mol. The van der Waals surface area contributed by atoms with Crippen molar-refractivity contribution < 1.29 is 22.4 Å². The van der Waals surface area contributed by atoms with Gasteiger partial charge < -0.3 is 10.2 Å². The van der Waals surface area contributed by atoms with E-state index in [1.807, 2.05) is 26.0 Å². The molecule has 0 spiro atoms. The quantitative estimate of drug-likeness (QED) is 0.464. The average Bonchev–Trinajstić information content (AvgIpc) is 3.35. The summed E-state index contributed by atoms with van der Waals surface area (Å²) in [5, 5.41) is 3.03. The minimum atomic E-state index is -3.57. The molecule has 0 aliphatic heterocycles. The first-order chi connectivity index (χ1) is 17.5. The van der Waals surface area contributed by atoms with Crippen molar-refractivity contribution in [1.82, 2.24) is 10.2 Å². The molecule has 1 fully saturated rings. The Morgan fingerprint density at radius 3 is 2.38 bits per heavy atom. The van der Waals surface area contributed by atoms with Gasteiger partial charge in [0.2, 0.25) is 21.8 Å². The number of amides is 2. The molecule has 0 heterocycles. The van der Waals surface area contributed by atoms with E-state index >= 15 is 0 Å². The summed E-state index contributed by atoms with van der Waals surface area (Å²) >= 11 is 0. The van der Waals surface area contributed by atoms with Gasteiger partial charge in [0.05, 0.1) is 11.9 Å². The highest BCUT2D eigenvalue weighted by Gasteiger charge is 2.29. The summed E-state index contributed by atoms with van der Waals surface area (Å²) in [6.45, 7) is 5.60. The molecule has 7 nitrogen and oxygen atoms in total. The Hall–Kier alpha value is -2.94. The molecule has 0 unspecified atom stereocenters. The van der Waals surface area contributed by atoms with Gasteiger partial charge in [0.15, 0.2) is 0 Å². The van der Waals surface area contributed by atoms with E-state index in [-0.39, 0.29) is 43.8 Å². The minimum Gasteiger partial charge on any atom is -0.352 e. The number of carbonyl (C=O) groups excluding carboxylic acids is 2. The maximum atomic E-state index is 14.4. The summed E-state index contributed by atoms with van der Waals surface area (Å²) in [6, 6.07) is 10.9. The van der Waals surface area contributed by atoms with E-state index in [1.54, 1.807) is 31.2 Å². The Morgan fingerprint density at radius 1 is 1.08 bits per heavy atom. The SMILES string of the molecule is Cc1ccc(N(CCCC(=O)N(Cc2ccccc2F)[C@@H](C)C(=O)NC2CCCC2)S(C)(=O)=O)cc1C. The second-order valence-electron chi connectivity index (χ2n) is 9.99. The minimum absolute atomic E-state index is 0.0202. The highest BCUT2D eigenvalue weighted by Crippen LogP contribution is 2.23. The Balaban J connectivity index is 1.73. The van der Waals surface area contributed by atoms with Gasteiger partial charge in [-0.25, -0.2) is 12.8 Å². The number of benzene rings is 2. The predicted octanol–water partition coefficient (Wildman–Crippen LogP) is 4.46. The summed E-state index contributed by atoms with van der Waals surface area (Å²) in [5.41, 5.74) is 2.90. The van der Waals surface area contributed by atoms with Crippen molar-refractivity contribution in [3.05, 3.63) is 65.0 Å². The fraction of sp³-hybridized carbons (Fsp3) is 0.500. The van der Waals surface area contributed by atoms with E-state index in [4.69, 9.17) is 0 Å². The molecule has 1 aliphatic carbocycles. The van der Waals surface area contributed by atoms with Crippen LogP contribution < -0.4 is 9.62 Å². The first-order valence-corrected chi connectivity index (χ1v) is 14.7. The van der Waals surface area contributed by atoms with Gasteiger partial charge >= 0.3 is 0 Å². The molecule has 1 saturated carbocycles. The second-order valence-corrected chi connectivity index (χ2v) is 11.9. The molecule has 0 saturated heterocycles. The summed E-state index contributed by atoms with van der Waals surface area (Å²) in [4.78, 5) is 27.7. The van der Waals surface area contributed by atoms with Gasteiger partial charge in [-0.1, -0.05) is 37.1 Å². The lowest BCUT2D eigenvalue weighted by atomic mass is 10.1. The number of aryl methyl sites for hydroxylation is 2. The van der Waals surface area contributed by atoms with Crippen molar-refractivity contribution in [2.24, 2.45) is 0 Å². The van der Waals surface area contributed by atoms with E-state index in [2.05, 4.69) is 5.32 Å². The third kappa shape index (κ3) is 7.77. The maximum Gasteiger partial charge on any atom is 0.242 e. The number of anilines is 1. The molecule has 1 atom stereocenters. The van der Waals surface area contributed by atoms with Gasteiger partial charge in [0.25, 0.3) is 0 Å². The van der Waals surface area contributed by atoms with E-state index in [9.17, 15) is 22.4 Å². The zero-order valence-corrected chi connectivity index (χ0v) is 23.0. The highest BCUT2D eigenvalue weighted by molar-refractivity contribution is 7.92. The Kier molecular flexibility index (Phi) is 9.70. The van der Waals surface area contributed by atoms with Crippen LogP contribution in [0.5, 0.6) is 0 Å². The summed E-state index contributed by atoms with van der Waals surface area (Å²) < 4.78 is 40.8.